The van der Waals surface area contributed by atoms with Gasteiger partial charge in [0.2, 0.25) is 0 Å². The predicted molar refractivity (Wildman–Crippen MR) is 50.9 cm³/mol. The normalized spacial score (nSPS) is 9.80. The number of nitro groups is 1. The zero-order chi connectivity index (χ0) is 10.8. The molecule has 0 spiro atoms. The van der Waals surface area contributed by atoms with Gasteiger partial charge in [-0.1, -0.05) is 18.2 Å². The van der Waals surface area contributed by atoms with Crippen LogP contribution in [0.4, 0.5) is 5.82 Å². The third-order valence-electron chi connectivity index (χ3n) is 1.93. The molecule has 6 heteroatoms. The third kappa shape index (κ3) is 1.36. The van der Waals surface area contributed by atoms with Crippen molar-refractivity contribution < 1.29 is 4.92 Å². The average molecular weight is 200 g/mol. The summed E-state index contributed by atoms with van der Waals surface area (Å²) in [4.78, 5) is 9.87. The summed E-state index contributed by atoms with van der Waals surface area (Å²) in [6.07, 6.45) is 0. The van der Waals surface area contributed by atoms with Gasteiger partial charge in [-0.2, -0.15) is 5.26 Å². The van der Waals surface area contributed by atoms with Crippen molar-refractivity contribution in [3.63, 3.8) is 0 Å². The summed E-state index contributed by atoms with van der Waals surface area (Å²) in [5, 5.41) is 26.9. The topological polar surface area (TPSA) is 92.7 Å². The highest BCUT2D eigenvalue weighted by Gasteiger charge is 2.19. The minimum atomic E-state index is -0.710. The van der Waals surface area contributed by atoms with Crippen LogP contribution in [0.2, 0.25) is 0 Å². The van der Waals surface area contributed by atoms with Gasteiger partial charge in [0.15, 0.2) is 5.56 Å². The number of rotatable bonds is 1. The Morgan fingerprint density at radius 2 is 2.07 bits per heavy atom. The number of hydrogen-bond acceptors (Lipinski definition) is 5. The molecule has 0 aliphatic rings. The van der Waals surface area contributed by atoms with Crippen LogP contribution in [0.1, 0.15) is 5.56 Å². The molecule has 0 bridgehead atoms. The van der Waals surface area contributed by atoms with Gasteiger partial charge < -0.3 is 10.1 Å². The molecule has 2 rings (SSSR count). The molecule has 6 nitrogen and oxygen atoms in total. The molecule has 1 aromatic heterocycles. The Hall–Kier alpha value is -2.55. The standard InChI is InChI=1S/C9H4N4O2/c10-5-7-6-3-1-2-4-8(6)11-12-9(7)13(14)15/h1-4H. The first-order chi connectivity index (χ1) is 7.24. The number of fused-ring (bicyclic) bond motifs is 1. The monoisotopic (exact) mass is 200 g/mol. The van der Waals surface area contributed by atoms with E-state index in [0.29, 0.717) is 10.9 Å². The van der Waals surface area contributed by atoms with Crippen LogP contribution in [0, 0.1) is 21.4 Å². The van der Waals surface area contributed by atoms with Crippen molar-refractivity contribution in [2.24, 2.45) is 0 Å². The summed E-state index contributed by atoms with van der Waals surface area (Å²) in [5.74, 6) is -0.504. The van der Waals surface area contributed by atoms with Crippen LogP contribution < -0.4 is 0 Å². The Bertz CT molecular complexity index is 588. The minimum Gasteiger partial charge on any atom is -0.358 e. The van der Waals surface area contributed by atoms with Crippen LogP contribution >= 0.6 is 0 Å². The maximum Gasteiger partial charge on any atom is 0.409 e. The largest absolute Gasteiger partial charge is 0.409 e. The van der Waals surface area contributed by atoms with E-state index in [1.165, 1.54) is 0 Å². The molecule has 0 aliphatic heterocycles. The van der Waals surface area contributed by atoms with E-state index in [-0.39, 0.29) is 5.56 Å². The molecule has 0 amide bonds. The van der Waals surface area contributed by atoms with Crippen molar-refractivity contribution in [1.82, 2.24) is 10.2 Å². The van der Waals surface area contributed by atoms with Crippen molar-refractivity contribution in [3.05, 3.63) is 39.9 Å². The van der Waals surface area contributed by atoms with Crippen molar-refractivity contribution >= 4 is 16.7 Å². The second-order valence-corrected chi connectivity index (χ2v) is 2.78. The molecule has 0 saturated carbocycles. The van der Waals surface area contributed by atoms with Gasteiger partial charge >= 0.3 is 5.82 Å². The summed E-state index contributed by atoms with van der Waals surface area (Å²) in [7, 11) is 0. The number of benzene rings is 1. The summed E-state index contributed by atoms with van der Waals surface area (Å²) in [5.41, 5.74) is 0.422. The highest BCUT2D eigenvalue weighted by molar-refractivity contribution is 5.86. The van der Waals surface area contributed by atoms with Crippen LogP contribution in [-0.4, -0.2) is 15.1 Å². The van der Waals surface area contributed by atoms with E-state index >= 15 is 0 Å². The molecule has 0 unspecified atom stereocenters. The van der Waals surface area contributed by atoms with Crippen LogP contribution in [-0.2, 0) is 0 Å². The van der Waals surface area contributed by atoms with Gasteiger partial charge in [-0.05, 0) is 16.1 Å². The fourth-order valence-corrected chi connectivity index (χ4v) is 1.28. The summed E-state index contributed by atoms with van der Waals surface area (Å²) in [6, 6.07) is 8.44. The molecular weight excluding hydrogens is 196 g/mol. The van der Waals surface area contributed by atoms with Crippen LogP contribution in [0.25, 0.3) is 10.9 Å². The van der Waals surface area contributed by atoms with Gasteiger partial charge in [0.05, 0.1) is 5.10 Å². The van der Waals surface area contributed by atoms with E-state index in [4.69, 9.17) is 5.26 Å². The molecule has 0 fully saturated rings. The van der Waals surface area contributed by atoms with E-state index < -0.39 is 10.7 Å². The molecule has 0 aliphatic carbocycles. The second-order valence-electron chi connectivity index (χ2n) is 2.78. The molecule has 2 aromatic rings. The fourth-order valence-electron chi connectivity index (χ4n) is 1.28. The Kier molecular flexibility index (Phi) is 1.99. The maximum atomic E-state index is 10.6. The molecule has 15 heavy (non-hydrogen) atoms. The molecular formula is C9H4N4O2. The number of nitrogens with zero attached hydrogens (tertiary/aromatic N) is 4. The first-order valence-electron chi connectivity index (χ1n) is 4.04. The summed E-state index contributed by atoms with van der Waals surface area (Å²) >= 11 is 0. The number of hydrogen-bond donors (Lipinski definition) is 0. The van der Waals surface area contributed by atoms with Gasteiger partial charge in [-0.15, -0.1) is 0 Å². The van der Waals surface area contributed by atoms with Gasteiger partial charge in [0, 0.05) is 5.39 Å². The summed E-state index contributed by atoms with van der Waals surface area (Å²) in [6.45, 7) is 0. The molecule has 0 atom stereocenters. The number of nitriles is 1. The van der Waals surface area contributed by atoms with E-state index in [1.54, 1.807) is 30.3 Å². The Labute approximate surface area is 83.9 Å². The van der Waals surface area contributed by atoms with Crippen molar-refractivity contribution in [3.8, 4) is 6.07 Å². The minimum absolute atomic E-state index is 0.0504. The first-order valence-corrected chi connectivity index (χ1v) is 4.04. The Balaban J connectivity index is 2.89. The third-order valence-corrected chi connectivity index (χ3v) is 1.93. The van der Waals surface area contributed by atoms with Crippen molar-refractivity contribution in [2.75, 3.05) is 0 Å². The van der Waals surface area contributed by atoms with Crippen LogP contribution in [0.15, 0.2) is 24.3 Å². The molecule has 1 aromatic carbocycles. The van der Waals surface area contributed by atoms with E-state index in [9.17, 15) is 10.1 Å². The zero-order valence-electron chi connectivity index (χ0n) is 7.41. The lowest BCUT2D eigenvalue weighted by atomic mass is 10.1. The lowest BCUT2D eigenvalue weighted by molar-refractivity contribution is -0.390. The SMILES string of the molecule is N#Cc1c([N+](=O)[O-])nnc2ccccc12. The Morgan fingerprint density at radius 1 is 1.33 bits per heavy atom. The molecule has 0 N–H and O–H groups in total. The summed E-state index contributed by atoms with van der Waals surface area (Å²) < 4.78 is 0. The zero-order valence-corrected chi connectivity index (χ0v) is 7.41. The maximum absolute atomic E-state index is 10.6. The predicted octanol–water partition coefficient (Wildman–Crippen LogP) is 1.41. The lowest BCUT2D eigenvalue weighted by Crippen LogP contribution is -1.99. The van der Waals surface area contributed by atoms with Crippen molar-refractivity contribution in [2.45, 2.75) is 0 Å². The van der Waals surface area contributed by atoms with E-state index in [2.05, 4.69) is 10.2 Å². The van der Waals surface area contributed by atoms with Gasteiger partial charge in [0.1, 0.15) is 11.6 Å². The van der Waals surface area contributed by atoms with Gasteiger partial charge in [0.25, 0.3) is 0 Å². The molecule has 0 radical (unpaired) electrons. The Morgan fingerprint density at radius 3 is 2.73 bits per heavy atom. The van der Waals surface area contributed by atoms with Crippen LogP contribution in [0.3, 0.4) is 0 Å². The molecule has 72 valence electrons. The second kappa shape index (κ2) is 3.31. The quantitative estimate of drug-likeness (QED) is 0.512. The lowest BCUT2D eigenvalue weighted by Gasteiger charge is -1.97. The smallest absolute Gasteiger partial charge is 0.358 e. The van der Waals surface area contributed by atoms with Gasteiger partial charge in [-0.3, -0.25) is 0 Å². The number of aromatic nitrogens is 2. The van der Waals surface area contributed by atoms with E-state index in [0.717, 1.165) is 0 Å². The van der Waals surface area contributed by atoms with Gasteiger partial charge in [-0.25, -0.2) is 0 Å². The average Bonchev–Trinajstić information content (AvgIpc) is 2.27. The van der Waals surface area contributed by atoms with Crippen LogP contribution in [0.5, 0.6) is 0 Å². The fraction of sp³-hybridized carbons (Fsp3) is 0. The van der Waals surface area contributed by atoms with Crippen molar-refractivity contribution in [1.29, 1.82) is 5.26 Å². The molecule has 1 heterocycles. The molecule has 0 saturated heterocycles. The highest BCUT2D eigenvalue weighted by Crippen LogP contribution is 2.22. The highest BCUT2D eigenvalue weighted by atomic mass is 16.6. The first kappa shape index (κ1) is 9.02. The van der Waals surface area contributed by atoms with E-state index in [1.807, 2.05) is 0 Å².